The molecule has 2 N–H and O–H groups in total. The van der Waals surface area contributed by atoms with Crippen molar-refractivity contribution in [1.82, 2.24) is 25.8 Å². The van der Waals surface area contributed by atoms with Crippen LogP contribution in [0.4, 0.5) is 14.9 Å². The van der Waals surface area contributed by atoms with E-state index in [-0.39, 0.29) is 41.9 Å². The standard InChI is InChI=1S/C22H19FN6O5/c1-9-8-29-15-11(6-12-14(18-24-4-3-5-25-18)28-34-16(12)13(15)23)7-22(17(29)10(2)33-9)19(30)26-21(32)27-20(22)31/h3-6,9-10,17H,7-8H2,1-2H3,(H2,26,27,30,31,32). The third-order valence-electron chi connectivity index (χ3n) is 6.74. The van der Waals surface area contributed by atoms with Crippen molar-refractivity contribution in [3.05, 3.63) is 35.9 Å². The van der Waals surface area contributed by atoms with E-state index >= 15 is 4.39 Å². The van der Waals surface area contributed by atoms with E-state index in [0.29, 0.717) is 10.9 Å². The summed E-state index contributed by atoms with van der Waals surface area (Å²) in [7, 11) is 0. The van der Waals surface area contributed by atoms with E-state index < -0.39 is 41.2 Å². The number of rotatable bonds is 1. The zero-order chi connectivity index (χ0) is 23.8. The summed E-state index contributed by atoms with van der Waals surface area (Å²) < 4.78 is 27.3. The predicted molar refractivity (Wildman–Crippen MR) is 114 cm³/mol. The number of carbonyl (C=O) groups is 3. The third-order valence-corrected chi connectivity index (χ3v) is 6.74. The summed E-state index contributed by atoms with van der Waals surface area (Å²) in [6.45, 7) is 3.78. The molecule has 0 radical (unpaired) electrons. The number of morpholine rings is 1. The Morgan fingerprint density at radius 1 is 1.15 bits per heavy atom. The van der Waals surface area contributed by atoms with Crippen LogP contribution in [0.2, 0.25) is 0 Å². The molecule has 1 spiro atoms. The van der Waals surface area contributed by atoms with Crippen LogP contribution in [0.5, 0.6) is 0 Å². The number of ether oxygens (including phenoxy) is 1. The first kappa shape index (κ1) is 20.7. The van der Waals surface area contributed by atoms with Gasteiger partial charge in [0.05, 0.1) is 29.3 Å². The molecule has 3 unspecified atom stereocenters. The summed E-state index contributed by atoms with van der Waals surface area (Å²) in [5, 5.41) is 8.73. The first-order valence-corrected chi connectivity index (χ1v) is 10.8. The Kier molecular flexibility index (Phi) is 4.27. The summed E-state index contributed by atoms with van der Waals surface area (Å²) in [5.41, 5.74) is -0.913. The maximum atomic E-state index is 16.0. The molecule has 0 saturated carbocycles. The molecule has 2 fully saturated rings. The maximum Gasteiger partial charge on any atom is 0.328 e. The molecule has 3 aromatic rings. The molecule has 11 nitrogen and oxygen atoms in total. The van der Waals surface area contributed by atoms with E-state index in [1.54, 1.807) is 24.0 Å². The van der Waals surface area contributed by atoms with Gasteiger partial charge in [0.25, 0.3) is 0 Å². The van der Waals surface area contributed by atoms with Gasteiger partial charge in [-0.2, -0.15) is 0 Å². The number of nitrogens with zero attached hydrogens (tertiary/aromatic N) is 4. The number of urea groups is 1. The second-order valence-corrected chi connectivity index (χ2v) is 8.81. The van der Waals surface area contributed by atoms with Crippen molar-refractivity contribution >= 4 is 34.5 Å². The van der Waals surface area contributed by atoms with Gasteiger partial charge in [-0.1, -0.05) is 5.16 Å². The second-order valence-electron chi connectivity index (χ2n) is 8.81. The predicted octanol–water partition coefficient (Wildman–Crippen LogP) is 1.31. The molecule has 5 heterocycles. The molecular formula is C22H19FN6O5. The molecule has 3 aliphatic heterocycles. The van der Waals surface area contributed by atoms with Crippen molar-refractivity contribution in [2.45, 2.75) is 38.5 Å². The van der Waals surface area contributed by atoms with E-state index in [1.807, 2.05) is 6.92 Å². The Balaban J connectivity index is 1.61. The number of nitrogens with one attached hydrogen (secondary N) is 2. The van der Waals surface area contributed by atoms with Gasteiger partial charge in [-0.15, -0.1) is 0 Å². The Hall–Kier alpha value is -3.93. The van der Waals surface area contributed by atoms with Crippen LogP contribution in [0.25, 0.3) is 22.5 Å². The quantitative estimate of drug-likeness (QED) is 0.508. The van der Waals surface area contributed by atoms with Crippen LogP contribution in [0.3, 0.4) is 0 Å². The fourth-order valence-corrected chi connectivity index (χ4v) is 5.53. The highest BCUT2D eigenvalue weighted by atomic mass is 19.1. The first-order chi connectivity index (χ1) is 16.3. The van der Waals surface area contributed by atoms with Gasteiger partial charge in [-0.05, 0) is 31.5 Å². The zero-order valence-electron chi connectivity index (χ0n) is 18.2. The number of fused-ring (bicyclic) bond motifs is 5. The van der Waals surface area contributed by atoms with Crippen molar-refractivity contribution in [3.63, 3.8) is 0 Å². The van der Waals surface area contributed by atoms with E-state index in [0.717, 1.165) is 0 Å². The van der Waals surface area contributed by atoms with Crippen LogP contribution >= 0.6 is 0 Å². The van der Waals surface area contributed by atoms with Crippen LogP contribution < -0.4 is 15.5 Å². The number of aromatic nitrogens is 3. The number of halogens is 1. The highest BCUT2D eigenvalue weighted by Gasteiger charge is 2.63. The molecule has 3 atom stereocenters. The van der Waals surface area contributed by atoms with Crippen molar-refractivity contribution in [3.8, 4) is 11.5 Å². The molecular weight excluding hydrogens is 447 g/mol. The Labute approximate surface area is 191 Å². The number of carbonyl (C=O) groups excluding carboxylic acids is 3. The number of amides is 4. The lowest BCUT2D eigenvalue weighted by Crippen LogP contribution is -2.75. The molecule has 6 rings (SSSR count). The van der Waals surface area contributed by atoms with Crippen LogP contribution in [-0.2, 0) is 20.7 Å². The summed E-state index contributed by atoms with van der Waals surface area (Å²) in [5.74, 6) is -1.90. The number of anilines is 1. The average molecular weight is 466 g/mol. The number of hydrogen-bond donors (Lipinski definition) is 2. The monoisotopic (exact) mass is 466 g/mol. The van der Waals surface area contributed by atoms with Crippen LogP contribution in [0, 0.1) is 11.2 Å². The van der Waals surface area contributed by atoms with E-state index in [1.165, 1.54) is 12.4 Å². The van der Waals surface area contributed by atoms with Crippen molar-refractivity contribution in [2.24, 2.45) is 5.41 Å². The lowest BCUT2D eigenvalue weighted by Gasteiger charge is -2.55. The Morgan fingerprint density at radius 3 is 2.56 bits per heavy atom. The minimum Gasteiger partial charge on any atom is -0.372 e. The number of benzene rings is 1. The Bertz CT molecular complexity index is 1360. The summed E-state index contributed by atoms with van der Waals surface area (Å²) >= 11 is 0. The molecule has 3 aliphatic rings. The highest BCUT2D eigenvalue weighted by molar-refractivity contribution is 6.20. The average Bonchev–Trinajstić information content (AvgIpc) is 3.21. The topological polar surface area (TPSA) is 140 Å². The molecule has 34 heavy (non-hydrogen) atoms. The molecule has 2 saturated heterocycles. The SMILES string of the molecule is CC1CN2c3c(cc4c(-c5ncccn5)noc4c3F)CC3(C(=O)NC(=O)NC3=O)C2C(C)O1. The van der Waals surface area contributed by atoms with Gasteiger partial charge in [0.15, 0.2) is 22.8 Å². The molecule has 4 amide bonds. The van der Waals surface area contributed by atoms with Gasteiger partial charge in [0.2, 0.25) is 17.4 Å². The molecule has 2 aromatic heterocycles. The van der Waals surface area contributed by atoms with Crippen molar-refractivity contribution in [2.75, 3.05) is 11.4 Å². The van der Waals surface area contributed by atoms with Gasteiger partial charge >= 0.3 is 6.03 Å². The number of barbiturate groups is 1. The summed E-state index contributed by atoms with van der Waals surface area (Å²) in [4.78, 5) is 48.4. The fourth-order valence-electron chi connectivity index (χ4n) is 5.53. The van der Waals surface area contributed by atoms with Crippen LogP contribution in [-0.4, -0.2) is 57.8 Å². The van der Waals surface area contributed by atoms with E-state index in [2.05, 4.69) is 25.8 Å². The first-order valence-electron chi connectivity index (χ1n) is 10.8. The maximum absolute atomic E-state index is 16.0. The molecule has 174 valence electrons. The van der Waals surface area contributed by atoms with Crippen molar-refractivity contribution < 1.29 is 28.0 Å². The minimum atomic E-state index is -1.71. The zero-order valence-corrected chi connectivity index (χ0v) is 18.2. The largest absolute Gasteiger partial charge is 0.372 e. The lowest BCUT2D eigenvalue weighted by molar-refractivity contribution is -0.153. The molecule has 1 aromatic carbocycles. The van der Waals surface area contributed by atoms with Gasteiger partial charge in [0, 0.05) is 25.4 Å². The highest BCUT2D eigenvalue weighted by Crippen LogP contribution is 2.49. The Morgan fingerprint density at radius 2 is 1.85 bits per heavy atom. The van der Waals surface area contributed by atoms with Crippen molar-refractivity contribution in [1.29, 1.82) is 0 Å². The normalized spacial score (nSPS) is 25.7. The van der Waals surface area contributed by atoms with Gasteiger partial charge in [0.1, 0.15) is 0 Å². The molecule has 0 aliphatic carbocycles. The smallest absolute Gasteiger partial charge is 0.328 e. The molecule has 0 bridgehead atoms. The minimum absolute atomic E-state index is 0.0737. The molecule has 12 heteroatoms. The van der Waals surface area contributed by atoms with Gasteiger partial charge < -0.3 is 14.2 Å². The van der Waals surface area contributed by atoms with Gasteiger partial charge in [-0.25, -0.2) is 19.2 Å². The number of imide groups is 2. The number of hydrogen-bond acceptors (Lipinski definition) is 9. The van der Waals surface area contributed by atoms with Gasteiger partial charge in [-0.3, -0.25) is 20.2 Å². The lowest BCUT2D eigenvalue weighted by atomic mass is 9.66. The summed E-state index contributed by atoms with van der Waals surface area (Å²) in [6.07, 6.45) is 2.00. The summed E-state index contributed by atoms with van der Waals surface area (Å²) in [6, 6.07) is 1.55. The third kappa shape index (κ3) is 2.65. The second kappa shape index (κ2) is 7.03. The van der Waals surface area contributed by atoms with E-state index in [9.17, 15) is 14.4 Å². The van der Waals surface area contributed by atoms with Crippen LogP contribution in [0.1, 0.15) is 19.4 Å². The van der Waals surface area contributed by atoms with Crippen LogP contribution in [0.15, 0.2) is 29.0 Å². The fraction of sp³-hybridized carbons (Fsp3) is 0.364. The van der Waals surface area contributed by atoms with E-state index in [4.69, 9.17) is 9.26 Å².